The molecule has 1 fully saturated rings. The molecule has 140 valence electrons. The number of likely N-dealkylation sites (N-methyl/N-ethyl adjacent to an activating group) is 1. The molecule has 1 heterocycles. The molecule has 1 aliphatic rings. The number of hydrogen-bond donors (Lipinski definition) is 1. The predicted octanol–water partition coefficient (Wildman–Crippen LogP) is 3.15. The monoisotopic (exact) mass is 360 g/mol. The number of carbonyl (C=O) groups excluding carboxylic acids is 2. The fourth-order valence-corrected chi connectivity index (χ4v) is 2.20. The molecular formula is C20H25FN2O3. The third kappa shape index (κ3) is 7.13. The molecule has 1 saturated heterocycles. The quantitative estimate of drug-likeness (QED) is 0.894. The van der Waals surface area contributed by atoms with Crippen LogP contribution in [-0.4, -0.2) is 50.9 Å². The van der Waals surface area contributed by atoms with E-state index < -0.39 is 11.7 Å². The van der Waals surface area contributed by atoms with Crippen molar-refractivity contribution in [2.75, 3.05) is 38.7 Å². The number of morpholine rings is 1. The third-order valence-corrected chi connectivity index (χ3v) is 3.75. The predicted molar refractivity (Wildman–Crippen MR) is 101 cm³/mol. The molecule has 0 saturated carbocycles. The van der Waals surface area contributed by atoms with Crippen LogP contribution in [0.15, 0.2) is 48.5 Å². The Bertz CT molecular complexity index is 688. The number of amides is 1. The van der Waals surface area contributed by atoms with E-state index in [0.717, 1.165) is 31.9 Å². The number of nitrogens with one attached hydrogen (secondary N) is 1. The molecule has 2 aromatic rings. The van der Waals surface area contributed by atoms with Crippen LogP contribution in [0.1, 0.15) is 15.9 Å². The summed E-state index contributed by atoms with van der Waals surface area (Å²) in [6, 6.07) is 13.3. The second-order valence-corrected chi connectivity index (χ2v) is 5.66. The number of carbonyl (C=O) groups is 2. The molecule has 2 aromatic carbocycles. The minimum Gasteiger partial charge on any atom is -0.379 e. The maximum atomic E-state index is 13.4. The first-order chi connectivity index (χ1) is 12.6. The standard InChI is InChI=1S/C14H12FNO.C5H11NO.CH2O/c1-10-6-2-5-9-13(10)16-14(17)11-7-3-4-8-12(11)15;1-6-2-4-7-5-3-6;1-2/h2-9H,1H3,(H,16,17);2-5H2,1H3;1H2. The van der Waals surface area contributed by atoms with Gasteiger partial charge in [-0.25, -0.2) is 4.39 Å². The first kappa shape index (κ1) is 21.5. The Morgan fingerprint density at radius 2 is 1.65 bits per heavy atom. The van der Waals surface area contributed by atoms with Gasteiger partial charge in [0.05, 0.1) is 18.8 Å². The van der Waals surface area contributed by atoms with E-state index in [1.54, 1.807) is 18.2 Å². The van der Waals surface area contributed by atoms with Gasteiger partial charge in [-0.2, -0.15) is 0 Å². The highest BCUT2D eigenvalue weighted by Crippen LogP contribution is 2.15. The lowest BCUT2D eigenvalue weighted by Gasteiger charge is -2.21. The van der Waals surface area contributed by atoms with E-state index in [2.05, 4.69) is 17.3 Å². The molecule has 0 atom stereocenters. The summed E-state index contributed by atoms with van der Waals surface area (Å²) >= 11 is 0. The fourth-order valence-electron chi connectivity index (χ4n) is 2.20. The van der Waals surface area contributed by atoms with Crippen LogP contribution < -0.4 is 5.32 Å². The smallest absolute Gasteiger partial charge is 0.258 e. The largest absolute Gasteiger partial charge is 0.379 e. The minimum atomic E-state index is -0.515. The number of aryl methyl sites for hydroxylation is 1. The number of para-hydroxylation sites is 1. The summed E-state index contributed by atoms with van der Waals surface area (Å²) in [4.78, 5) is 22.1. The lowest BCUT2D eigenvalue weighted by Crippen LogP contribution is -2.32. The molecule has 26 heavy (non-hydrogen) atoms. The Morgan fingerprint density at radius 1 is 1.08 bits per heavy atom. The Hall–Kier alpha value is -2.57. The van der Waals surface area contributed by atoms with Gasteiger partial charge in [-0.1, -0.05) is 30.3 Å². The third-order valence-electron chi connectivity index (χ3n) is 3.75. The van der Waals surface area contributed by atoms with Gasteiger partial charge in [-0.05, 0) is 37.7 Å². The van der Waals surface area contributed by atoms with Gasteiger partial charge in [0, 0.05) is 18.8 Å². The van der Waals surface area contributed by atoms with Crippen LogP contribution in [0.25, 0.3) is 0 Å². The highest BCUT2D eigenvalue weighted by Gasteiger charge is 2.11. The molecule has 0 radical (unpaired) electrons. The summed E-state index contributed by atoms with van der Waals surface area (Å²) in [6.07, 6.45) is 0. The highest BCUT2D eigenvalue weighted by molar-refractivity contribution is 6.04. The van der Waals surface area contributed by atoms with Crippen LogP contribution in [-0.2, 0) is 9.53 Å². The molecule has 0 aliphatic carbocycles. The molecule has 0 aromatic heterocycles. The van der Waals surface area contributed by atoms with Crippen molar-refractivity contribution in [3.05, 3.63) is 65.5 Å². The molecule has 6 heteroatoms. The average Bonchev–Trinajstić information content (AvgIpc) is 2.67. The van der Waals surface area contributed by atoms with Crippen molar-refractivity contribution in [3.63, 3.8) is 0 Å². The van der Waals surface area contributed by atoms with E-state index >= 15 is 0 Å². The van der Waals surface area contributed by atoms with Crippen LogP contribution in [0.3, 0.4) is 0 Å². The topological polar surface area (TPSA) is 58.6 Å². The van der Waals surface area contributed by atoms with Crippen molar-refractivity contribution in [1.29, 1.82) is 0 Å². The van der Waals surface area contributed by atoms with Gasteiger partial charge in [0.1, 0.15) is 12.6 Å². The van der Waals surface area contributed by atoms with E-state index in [0.29, 0.717) is 5.69 Å². The SMILES string of the molecule is C=O.CN1CCOCC1.Cc1ccccc1NC(=O)c1ccccc1F. The van der Waals surface area contributed by atoms with Crippen molar-refractivity contribution in [2.45, 2.75) is 6.92 Å². The summed E-state index contributed by atoms with van der Waals surface area (Å²) in [5.41, 5.74) is 1.69. The molecule has 3 rings (SSSR count). The molecule has 5 nitrogen and oxygen atoms in total. The Balaban J connectivity index is 0.000000313. The first-order valence-corrected chi connectivity index (χ1v) is 8.24. The van der Waals surface area contributed by atoms with E-state index in [-0.39, 0.29) is 5.56 Å². The van der Waals surface area contributed by atoms with Gasteiger partial charge < -0.3 is 19.7 Å². The molecule has 1 amide bonds. The summed E-state index contributed by atoms with van der Waals surface area (Å²) in [7, 11) is 2.11. The lowest BCUT2D eigenvalue weighted by molar-refractivity contribution is -0.0980. The second-order valence-electron chi connectivity index (χ2n) is 5.66. The molecular weight excluding hydrogens is 335 g/mol. The Labute approximate surface area is 153 Å². The normalized spacial score (nSPS) is 13.5. The van der Waals surface area contributed by atoms with Gasteiger partial charge in [0.15, 0.2) is 0 Å². The zero-order valence-electron chi connectivity index (χ0n) is 15.2. The van der Waals surface area contributed by atoms with Gasteiger partial charge >= 0.3 is 0 Å². The molecule has 1 N–H and O–H groups in total. The first-order valence-electron chi connectivity index (χ1n) is 8.24. The zero-order valence-corrected chi connectivity index (χ0v) is 15.2. The summed E-state index contributed by atoms with van der Waals surface area (Å²) in [5.74, 6) is -0.948. The second kappa shape index (κ2) is 11.9. The number of ether oxygens (including phenoxy) is 1. The number of anilines is 1. The van der Waals surface area contributed by atoms with Gasteiger partial charge in [-0.3, -0.25) is 4.79 Å². The van der Waals surface area contributed by atoms with Crippen LogP contribution in [0, 0.1) is 12.7 Å². The van der Waals surface area contributed by atoms with Gasteiger partial charge in [0.2, 0.25) is 0 Å². The Kier molecular flexibility index (Phi) is 9.82. The van der Waals surface area contributed by atoms with Crippen LogP contribution in [0.4, 0.5) is 10.1 Å². The lowest BCUT2D eigenvalue weighted by atomic mass is 10.1. The van der Waals surface area contributed by atoms with Crippen molar-refractivity contribution < 1.29 is 18.7 Å². The highest BCUT2D eigenvalue weighted by atomic mass is 19.1. The average molecular weight is 360 g/mol. The van der Waals surface area contributed by atoms with Gasteiger partial charge in [0.25, 0.3) is 5.91 Å². The number of halogens is 1. The Morgan fingerprint density at radius 3 is 2.19 bits per heavy atom. The van der Waals surface area contributed by atoms with E-state index in [9.17, 15) is 9.18 Å². The molecule has 0 bridgehead atoms. The maximum Gasteiger partial charge on any atom is 0.258 e. The maximum absolute atomic E-state index is 13.4. The summed E-state index contributed by atoms with van der Waals surface area (Å²) in [6.45, 7) is 7.91. The molecule has 0 spiro atoms. The molecule has 1 aliphatic heterocycles. The summed E-state index contributed by atoms with van der Waals surface area (Å²) < 4.78 is 18.5. The molecule has 0 unspecified atom stereocenters. The minimum absolute atomic E-state index is 0.0516. The van der Waals surface area contributed by atoms with Gasteiger partial charge in [-0.15, -0.1) is 0 Å². The van der Waals surface area contributed by atoms with E-state index in [1.165, 1.54) is 12.1 Å². The van der Waals surface area contributed by atoms with Crippen molar-refractivity contribution >= 4 is 18.4 Å². The van der Waals surface area contributed by atoms with Crippen molar-refractivity contribution in [1.82, 2.24) is 4.90 Å². The number of nitrogens with zero attached hydrogens (tertiary/aromatic N) is 1. The van der Waals surface area contributed by atoms with Crippen LogP contribution in [0.5, 0.6) is 0 Å². The van der Waals surface area contributed by atoms with Crippen LogP contribution in [0.2, 0.25) is 0 Å². The number of rotatable bonds is 2. The van der Waals surface area contributed by atoms with E-state index in [4.69, 9.17) is 9.53 Å². The van der Waals surface area contributed by atoms with Crippen LogP contribution >= 0.6 is 0 Å². The fraction of sp³-hybridized carbons (Fsp3) is 0.300. The number of hydrogen-bond acceptors (Lipinski definition) is 4. The van der Waals surface area contributed by atoms with E-state index in [1.807, 2.05) is 31.9 Å². The van der Waals surface area contributed by atoms with Crippen molar-refractivity contribution in [3.8, 4) is 0 Å². The zero-order chi connectivity index (χ0) is 19.4. The van der Waals surface area contributed by atoms with Crippen molar-refractivity contribution in [2.24, 2.45) is 0 Å². The number of benzene rings is 2. The summed E-state index contributed by atoms with van der Waals surface area (Å²) in [5, 5.41) is 2.69.